The van der Waals surface area contributed by atoms with E-state index in [9.17, 15) is 13.2 Å². The van der Waals surface area contributed by atoms with Gasteiger partial charge in [0.25, 0.3) is 0 Å². The molecular weight excluding hydrogens is 337 g/mol. The van der Waals surface area contributed by atoms with E-state index in [0.717, 1.165) is 18.9 Å². The molecule has 1 aromatic rings. The summed E-state index contributed by atoms with van der Waals surface area (Å²) in [5, 5.41) is 5.29. The number of rotatable bonds is 5. The molecule has 1 atom stereocenters. The molecule has 1 aliphatic heterocycles. The van der Waals surface area contributed by atoms with E-state index in [2.05, 4.69) is 21.3 Å². The van der Waals surface area contributed by atoms with Crippen molar-refractivity contribution in [1.29, 1.82) is 0 Å². The maximum absolute atomic E-state index is 12.8. The minimum Gasteiger partial charge on any atom is -0.357 e. The lowest BCUT2D eigenvalue weighted by Gasteiger charge is -2.39. The molecule has 1 fully saturated rings. The second kappa shape index (κ2) is 8.71. The highest BCUT2D eigenvalue weighted by atomic mass is 32.1. The van der Waals surface area contributed by atoms with Crippen LogP contribution in [0.2, 0.25) is 0 Å². The fraction of sp³-hybridized carbons (Fsp3) is 0.688. The molecule has 0 aromatic carbocycles. The van der Waals surface area contributed by atoms with Gasteiger partial charge in [-0.3, -0.25) is 9.89 Å². The number of piperazine rings is 1. The van der Waals surface area contributed by atoms with E-state index in [-0.39, 0.29) is 0 Å². The fourth-order valence-electron chi connectivity index (χ4n) is 2.68. The summed E-state index contributed by atoms with van der Waals surface area (Å²) in [5.41, 5.74) is 0. The van der Waals surface area contributed by atoms with Gasteiger partial charge in [-0.05, 0) is 25.3 Å². The Morgan fingerprint density at radius 2 is 2.04 bits per heavy atom. The van der Waals surface area contributed by atoms with Crippen molar-refractivity contribution in [1.82, 2.24) is 15.1 Å². The van der Waals surface area contributed by atoms with Crippen LogP contribution in [-0.4, -0.2) is 67.2 Å². The van der Waals surface area contributed by atoms with E-state index < -0.39 is 12.2 Å². The summed E-state index contributed by atoms with van der Waals surface area (Å²) in [6.07, 6.45) is -3.28. The molecular formula is C16H25F3N4S. The molecule has 2 rings (SSSR count). The third-order valence-electron chi connectivity index (χ3n) is 4.17. The van der Waals surface area contributed by atoms with Gasteiger partial charge in [0, 0.05) is 50.6 Å². The van der Waals surface area contributed by atoms with Gasteiger partial charge in [-0.25, -0.2) is 0 Å². The number of halogens is 3. The highest BCUT2D eigenvalue weighted by molar-refractivity contribution is 7.09. The smallest absolute Gasteiger partial charge is 0.357 e. The Morgan fingerprint density at radius 1 is 1.33 bits per heavy atom. The van der Waals surface area contributed by atoms with Gasteiger partial charge in [-0.1, -0.05) is 6.07 Å². The van der Waals surface area contributed by atoms with Crippen LogP contribution in [0.3, 0.4) is 0 Å². The van der Waals surface area contributed by atoms with Crippen LogP contribution in [0.4, 0.5) is 13.2 Å². The Hall–Kier alpha value is -1.28. The van der Waals surface area contributed by atoms with Crippen molar-refractivity contribution in [3.63, 3.8) is 0 Å². The molecule has 0 amide bonds. The molecule has 1 saturated heterocycles. The van der Waals surface area contributed by atoms with Gasteiger partial charge < -0.3 is 10.2 Å². The molecule has 2 heterocycles. The quantitative estimate of drug-likeness (QED) is 0.646. The van der Waals surface area contributed by atoms with Crippen molar-refractivity contribution in [2.75, 3.05) is 39.3 Å². The summed E-state index contributed by atoms with van der Waals surface area (Å²) in [4.78, 5) is 9.46. The van der Waals surface area contributed by atoms with Crippen molar-refractivity contribution >= 4 is 17.3 Å². The zero-order chi connectivity index (χ0) is 17.6. The lowest BCUT2D eigenvalue weighted by molar-refractivity contribution is -0.181. The number of aliphatic imine (C=N–C) groups is 1. The number of nitrogens with one attached hydrogen (secondary N) is 1. The predicted molar refractivity (Wildman–Crippen MR) is 92.7 cm³/mol. The molecule has 0 saturated carbocycles. The first-order valence-electron chi connectivity index (χ1n) is 8.28. The van der Waals surface area contributed by atoms with Gasteiger partial charge in [0.2, 0.25) is 0 Å². The molecule has 0 radical (unpaired) electrons. The van der Waals surface area contributed by atoms with Crippen LogP contribution >= 0.6 is 11.3 Å². The maximum atomic E-state index is 12.8. The van der Waals surface area contributed by atoms with Gasteiger partial charge >= 0.3 is 6.18 Å². The largest absolute Gasteiger partial charge is 0.403 e. The minimum atomic E-state index is -4.17. The minimum absolute atomic E-state index is 0.399. The highest BCUT2D eigenvalue weighted by Gasteiger charge is 2.41. The molecule has 24 heavy (non-hydrogen) atoms. The Balaban J connectivity index is 1.88. The molecule has 1 N–H and O–H groups in total. The zero-order valence-corrected chi connectivity index (χ0v) is 15.0. The normalized spacial score (nSPS) is 18.7. The Morgan fingerprint density at radius 3 is 2.58 bits per heavy atom. The lowest BCUT2D eigenvalue weighted by Crippen LogP contribution is -2.56. The topological polar surface area (TPSA) is 30.9 Å². The third kappa shape index (κ3) is 5.37. The second-order valence-electron chi connectivity index (χ2n) is 5.81. The molecule has 1 unspecified atom stereocenters. The average Bonchev–Trinajstić information content (AvgIpc) is 3.06. The number of thiophene rings is 1. The van der Waals surface area contributed by atoms with Crippen LogP contribution in [0.15, 0.2) is 22.5 Å². The van der Waals surface area contributed by atoms with E-state index in [1.807, 2.05) is 18.4 Å². The summed E-state index contributed by atoms with van der Waals surface area (Å²) in [6, 6.07) is 2.72. The summed E-state index contributed by atoms with van der Waals surface area (Å²) < 4.78 is 38.5. The standard InChI is InChI=1S/C16H25F3N4S/c1-3-20-15(21-7-6-14-5-4-12-24-14)23-10-8-22(9-11-23)13(2)16(17,18)19/h4-5,12-13H,3,6-11H2,1-2H3,(H,20,21). The first-order valence-corrected chi connectivity index (χ1v) is 9.16. The SMILES string of the molecule is CCNC(=NCCc1cccs1)N1CCN(C(C)C(F)(F)F)CC1. The maximum Gasteiger partial charge on any atom is 0.403 e. The summed E-state index contributed by atoms with van der Waals surface area (Å²) in [6.45, 7) is 6.58. The van der Waals surface area contributed by atoms with Gasteiger partial charge in [-0.15, -0.1) is 11.3 Å². The van der Waals surface area contributed by atoms with Crippen molar-refractivity contribution < 1.29 is 13.2 Å². The molecule has 136 valence electrons. The third-order valence-corrected chi connectivity index (χ3v) is 5.11. The van der Waals surface area contributed by atoms with E-state index in [1.54, 1.807) is 11.3 Å². The van der Waals surface area contributed by atoms with Crippen LogP contribution in [0, 0.1) is 0 Å². The number of hydrogen-bond acceptors (Lipinski definition) is 3. The van der Waals surface area contributed by atoms with Crippen LogP contribution in [0.1, 0.15) is 18.7 Å². The van der Waals surface area contributed by atoms with E-state index in [0.29, 0.717) is 32.7 Å². The van der Waals surface area contributed by atoms with Gasteiger partial charge in [0.05, 0.1) is 0 Å². The molecule has 0 aliphatic carbocycles. The Bertz CT molecular complexity index is 508. The fourth-order valence-corrected chi connectivity index (χ4v) is 3.38. The summed E-state index contributed by atoms with van der Waals surface area (Å²) >= 11 is 1.71. The van der Waals surface area contributed by atoms with Crippen LogP contribution in [-0.2, 0) is 6.42 Å². The average molecular weight is 362 g/mol. The van der Waals surface area contributed by atoms with Crippen LogP contribution in [0.25, 0.3) is 0 Å². The van der Waals surface area contributed by atoms with Crippen LogP contribution < -0.4 is 5.32 Å². The molecule has 8 heteroatoms. The van der Waals surface area contributed by atoms with Crippen molar-refractivity contribution in [2.45, 2.75) is 32.5 Å². The van der Waals surface area contributed by atoms with Gasteiger partial charge in [0.15, 0.2) is 5.96 Å². The Kier molecular flexibility index (Phi) is 6.91. The first kappa shape index (κ1) is 19.1. The van der Waals surface area contributed by atoms with Gasteiger partial charge in [0.1, 0.15) is 6.04 Å². The monoisotopic (exact) mass is 362 g/mol. The lowest BCUT2D eigenvalue weighted by atomic mass is 10.2. The zero-order valence-electron chi connectivity index (χ0n) is 14.1. The molecule has 1 aromatic heterocycles. The van der Waals surface area contributed by atoms with Crippen molar-refractivity contribution in [2.24, 2.45) is 4.99 Å². The summed E-state index contributed by atoms with van der Waals surface area (Å²) in [5.74, 6) is 0.799. The molecule has 0 spiro atoms. The highest BCUT2D eigenvalue weighted by Crippen LogP contribution is 2.25. The van der Waals surface area contributed by atoms with E-state index in [1.165, 1.54) is 16.7 Å². The second-order valence-corrected chi connectivity index (χ2v) is 6.84. The van der Waals surface area contributed by atoms with Crippen molar-refractivity contribution in [3.05, 3.63) is 22.4 Å². The van der Waals surface area contributed by atoms with Gasteiger partial charge in [-0.2, -0.15) is 13.2 Å². The van der Waals surface area contributed by atoms with E-state index in [4.69, 9.17) is 0 Å². The Labute approximate surface area is 145 Å². The molecule has 1 aliphatic rings. The number of alkyl halides is 3. The number of hydrogen-bond donors (Lipinski definition) is 1. The number of guanidine groups is 1. The molecule has 0 bridgehead atoms. The van der Waals surface area contributed by atoms with Crippen LogP contribution in [0.5, 0.6) is 0 Å². The predicted octanol–water partition coefficient (Wildman–Crippen LogP) is 2.82. The van der Waals surface area contributed by atoms with E-state index >= 15 is 0 Å². The molecule has 4 nitrogen and oxygen atoms in total. The van der Waals surface area contributed by atoms with Crippen molar-refractivity contribution in [3.8, 4) is 0 Å². The first-order chi connectivity index (χ1) is 11.4. The number of nitrogens with zero attached hydrogens (tertiary/aromatic N) is 3. The summed E-state index contributed by atoms with van der Waals surface area (Å²) in [7, 11) is 0.